The molecule has 2 atom stereocenters. The van der Waals surface area contributed by atoms with Crippen LogP contribution >= 0.6 is 0 Å². The van der Waals surface area contributed by atoms with Gasteiger partial charge in [-0.15, -0.1) is 0 Å². The molecule has 174 valence electrons. The monoisotopic (exact) mass is 447 g/mol. The molecule has 3 aliphatic rings. The molecule has 2 aromatic rings. The minimum absolute atomic E-state index is 0.263. The standard InChI is InChI=1S/C27H33N3O3/c1-3-29(18-21-11-8-16-33-21)23-17-27(23)13-15-30(19-27)25-24(26(31)32-4-2)22(12-14-28-25)20-9-6-5-7-10-20/h5-6,8-9,11-12,14,16,23H,3-4,7,10,13,15,17-19H2,1-2H3. The Hall–Kier alpha value is -2.86. The van der Waals surface area contributed by atoms with Crippen LogP contribution in [0.3, 0.4) is 0 Å². The van der Waals surface area contributed by atoms with Gasteiger partial charge < -0.3 is 14.1 Å². The molecule has 1 spiro atoms. The van der Waals surface area contributed by atoms with Crippen LogP contribution in [0.4, 0.5) is 5.82 Å². The van der Waals surface area contributed by atoms with E-state index in [-0.39, 0.29) is 11.4 Å². The molecule has 1 saturated heterocycles. The zero-order valence-corrected chi connectivity index (χ0v) is 19.6. The number of allylic oxidation sites excluding steroid dienone is 4. The molecule has 2 unspecified atom stereocenters. The van der Waals surface area contributed by atoms with Gasteiger partial charge in [-0.2, -0.15) is 0 Å². The molecule has 6 nitrogen and oxygen atoms in total. The van der Waals surface area contributed by atoms with E-state index in [1.54, 1.807) is 6.26 Å². The molecule has 5 rings (SSSR count). The highest BCUT2D eigenvalue weighted by molar-refractivity contribution is 6.00. The third kappa shape index (κ3) is 4.24. The second kappa shape index (κ2) is 9.18. The maximum Gasteiger partial charge on any atom is 0.342 e. The van der Waals surface area contributed by atoms with Gasteiger partial charge in [-0.05, 0) is 68.5 Å². The largest absolute Gasteiger partial charge is 0.468 e. The SMILES string of the molecule is CCOC(=O)c1c(C2=CC=CCC2)ccnc1N1CCC2(CC2N(CC)Cc2ccco2)C1. The van der Waals surface area contributed by atoms with Crippen LogP contribution in [0.1, 0.15) is 61.2 Å². The predicted octanol–water partition coefficient (Wildman–Crippen LogP) is 5.08. The number of aromatic nitrogens is 1. The Morgan fingerprint density at radius 2 is 2.27 bits per heavy atom. The van der Waals surface area contributed by atoms with E-state index in [1.165, 1.54) is 12.0 Å². The van der Waals surface area contributed by atoms with Gasteiger partial charge in [0.15, 0.2) is 0 Å². The van der Waals surface area contributed by atoms with Crippen molar-refractivity contribution < 1.29 is 13.9 Å². The summed E-state index contributed by atoms with van der Waals surface area (Å²) in [6, 6.07) is 6.51. The third-order valence-electron chi connectivity index (χ3n) is 7.39. The van der Waals surface area contributed by atoms with Gasteiger partial charge in [0.25, 0.3) is 0 Å². The normalized spacial score (nSPS) is 23.9. The number of carbonyl (C=O) groups excluding carboxylic acids is 1. The molecular weight excluding hydrogens is 414 g/mol. The van der Waals surface area contributed by atoms with Gasteiger partial charge in [0.05, 0.1) is 19.4 Å². The zero-order chi connectivity index (χ0) is 22.8. The molecule has 1 saturated carbocycles. The first kappa shape index (κ1) is 22.0. The molecule has 2 fully saturated rings. The van der Waals surface area contributed by atoms with Crippen LogP contribution in [0.5, 0.6) is 0 Å². The molecule has 2 aliphatic carbocycles. The number of hydrogen-bond acceptors (Lipinski definition) is 6. The Labute approximate surface area is 195 Å². The highest BCUT2D eigenvalue weighted by Gasteiger charge is 2.59. The Kier molecular flexibility index (Phi) is 6.11. The van der Waals surface area contributed by atoms with E-state index in [0.717, 1.165) is 62.6 Å². The van der Waals surface area contributed by atoms with E-state index in [0.29, 0.717) is 18.2 Å². The lowest BCUT2D eigenvalue weighted by Gasteiger charge is -2.25. The summed E-state index contributed by atoms with van der Waals surface area (Å²) >= 11 is 0. The van der Waals surface area contributed by atoms with Crippen molar-refractivity contribution in [3.8, 4) is 0 Å². The van der Waals surface area contributed by atoms with Crippen molar-refractivity contribution in [2.24, 2.45) is 5.41 Å². The topological polar surface area (TPSA) is 58.8 Å². The van der Waals surface area contributed by atoms with Gasteiger partial charge in [0, 0.05) is 30.7 Å². The fourth-order valence-electron chi connectivity index (χ4n) is 5.59. The van der Waals surface area contributed by atoms with Crippen molar-refractivity contribution in [1.82, 2.24) is 9.88 Å². The second-order valence-electron chi connectivity index (χ2n) is 9.33. The van der Waals surface area contributed by atoms with Gasteiger partial charge >= 0.3 is 5.97 Å². The summed E-state index contributed by atoms with van der Waals surface area (Å²) in [5.41, 5.74) is 3.03. The van der Waals surface area contributed by atoms with Crippen molar-refractivity contribution in [3.63, 3.8) is 0 Å². The molecule has 0 N–H and O–H groups in total. The van der Waals surface area contributed by atoms with Gasteiger partial charge in [-0.3, -0.25) is 4.90 Å². The van der Waals surface area contributed by atoms with E-state index in [1.807, 2.05) is 25.3 Å². The average Bonchev–Trinajstić information content (AvgIpc) is 3.17. The van der Waals surface area contributed by atoms with Crippen LogP contribution in [0.15, 0.2) is 53.3 Å². The van der Waals surface area contributed by atoms with E-state index in [2.05, 4.69) is 41.0 Å². The molecule has 3 heterocycles. The highest BCUT2D eigenvalue weighted by Crippen LogP contribution is 2.56. The summed E-state index contributed by atoms with van der Waals surface area (Å²) in [6.45, 7) is 8.11. The lowest BCUT2D eigenvalue weighted by Crippen LogP contribution is -2.31. The number of carbonyl (C=O) groups is 1. The van der Waals surface area contributed by atoms with Crippen molar-refractivity contribution in [1.29, 1.82) is 0 Å². The number of ether oxygens (including phenoxy) is 1. The lowest BCUT2D eigenvalue weighted by atomic mass is 9.94. The molecule has 0 amide bonds. The van der Waals surface area contributed by atoms with Crippen LogP contribution in [-0.2, 0) is 11.3 Å². The molecule has 33 heavy (non-hydrogen) atoms. The smallest absolute Gasteiger partial charge is 0.342 e. The maximum atomic E-state index is 13.1. The fourth-order valence-corrected chi connectivity index (χ4v) is 5.59. The van der Waals surface area contributed by atoms with Gasteiger partial charge in [0.2, 0.25) is 0 Å². The first-order chi connectivity index (χ1) is 16.1. The summed E-state index contributed by atoms with van der Waals surface area (Å²) in [7, 11) is 0. The minimum atomic E-state index is -0.271. The van der Waals surface area contributed by atoms with Crippen molar-refractivity contribution in [2.45, 2.75) is 52.1 Å². The number of nitrogens with zero attached hydrogens (tertiary/aromatic N) is 3. The van der Waals surface area contributed by atoms with Crippen LogP contribution < -0.4 is 4.90 Å². The summed E-state index contributed by atoms with van der Waals surface area (Å²) in [5.74, 6) is 1.52. The Morgan fingerprint density at radius 1 is 1.36 bits per heavy atom. The summed E-state index contributed by atoms with van der Waals surface area (Å²) < 4.78 is 11.1. The number of anilines is 1. The lowest BCUT2D eigenvalue weighted by molar-refractivity contribution is 0.0526. The van der Waals surface area contributed by atoms with Gasteiger partial charge in [-0.1, -0.05) is 25.2 Å². The minimum Gasteiger partial charge on any atom is -0.468 e. The van der Waals surface area contributed by atoms with Crippen molar-refractivity contribution in [3.05, 3.63) is 65.8 Å². The molecule has 2 aromatic heterocycles. The van der Waals surface area contributed by atoms with E-state index >= 15 is 0 Å². The number of esters is 1. The number of pyridine rings is 1. The first-order valence-corrected chi connectivity index (χ1v) is 12.2. The van der Waals surface area contributed by atoms with Crippen molar-refractivity contribution >= 4 is 17.4 Å². The Morgan fingerprint density at radius 3 is 3.00 bits per heavy atom. The highest BCUT2D eigenvalue weighted by atomic mass is 16.5. The zero-order valence-electron chi connectivity index (χ0n) is 19.6. The molecule has 0 bridgehead atoms. The molecule has 6 heteroatoms. The van der Waals surface area contributed by atoms with E-state index in [9.17, 15) is 4.79 Å². The fraction of sp³-hybridized carbons (Fsp3) is 0.481. The van der Waals surface area contributed by atoms with Crippen LogP contribution in [-0.4, -0.2) is 48.1 Å². The quantitative estimate of drug-likeness (QED) is 0.526. The van der Waals surface area contributed by atoms with Crippen LogP contribution in [0.2, 0.25) is 0 Å². The molecule has 0 radical (unpaired) electrons. The van der Waals surface area contributed by atoms with Gasteiger partial charge in [-0.25, -0.2) is 9.78 Å². The maximum absolute atomic E-state index is 13.1. The Bertz CT molecular complexity index is 1060. The predicted molar refractivity (Wildman–Crippen MR) is 129 cm³/mol. The molecular formula is C27H33N3O3. The number of rotatable bonds is 8. The molecule has 1 aliphatic heterocycles. The number of furan rings is 1. The second-order valence-corrected chi connectivity index (χ2v) is 9.33. The first-order valence-electron chi connectivity index (χ1n) is 12.2. The summed E-state index contributed by atoms with van der Waals surface area (Å²) in [5, 5.41) is 0. The van der Waals surface area contributed by atoms with Crippen molar-refractivity contribution in [2.75, 3.05) is 31.1 Å². The average molecular weight is 448 g/mol. The number of hydrogen-bond donors (Lipinski definition) is 0. The third-order valence-corrected chi connectivity index (χ3v) is 7.39. The van der Waals surface area contributed by atoms with Gasteiger partial charge in [0.1, 0.15) is 17.1 Å². The van der Waals surface area contributed by atoms with Crippen LogP contribution in [0.25, 0.3) is 5.57 Å². The van der Waals surface area contributed by atoms with E-state index in [4.69, 9.17) is 14.1 Å². The van der Waals surface area contributed by atoms with Crippen LogP contribution in [0, 0.1) is 5.41 Å². The molecule has 0 aromatic carbocycles. The Balaban J connectivity index is 1.39. The van der Waals surface area contributed by atoms with E-state index < -0.39 is 0 Å². The summed E-state index contributed by atoms with van der Waals surface area (Å²) in [6.07, 6.45) is 14.2. The summed E-state index contributed by atoms with van der Waals surface area (Å²) in [4.78, 5) is 22.7.